The van der Waals surface area contributed by atoms with Gasteiger partial charge in [0.15, 0.2) is 0 Å². The summed E-state index contributed by atoms with van der Waals surface area (Å²) in [6.45, 7) is 2.68. The first-order valence-corrected chi connectivity index (χ1v) is 6.21. The lowest BCUT2D eigenvalue weighted by atomic mass is 10.0. The first-order chi connectivity index (χ1) is 8.31. The molecule has 0 fully saturated rings. The Labute approximate surface area is 106 Å². The Bertz CT molecular complexity index is 575. The molecular formula is C15H13ClO. The predicted octanol–water partition coefficient (Wildman–Crippen LogP) is 4.31. The molecule has 2 aromatic rings. The lowest BCUT2D eigenvalue weighted by Gasteiger charge is -2.11. The summed E-state index contributed by atoms with van der Waals surface area (Å²) in [6, 6.07) is 12.3. The van der Waals surface area contributed by atoms with Gasteiger partial charge < -0.3 is 4.74 Å². The van der Waals surface area contributed by atoms with Gasteiger partial charge in [0, 0.05) is 17.0 Å². The molecule has 0 unspecified atom stereocenters. The minimum Gasteiger partial charge on any atom is -0.493 e. The summed E-state index contributed by atoms with van der Waals surface area (Å²) < 4.78 is 5.70. The zero-order valence-corrected chi connectivity index (χ0v) is 10.4. The van der Waals surface area contributed by atoms with Gasteiger partial charge in [-0.25, -0.2) is 0 Å². The summed E-state index contributed by atoms with van der Waals surface area (Å²) in [5.41, 5.74) is 4.96. The monoisotopic (exact) mass is 244 g/mol. The highest BCUT2D eigenvalue weighted by molar-refractivity contribution is 6.32. The van der Waals surface area contributed by atoms with Crippen LogP contribution in [0.3, 0.4) is 0 Å². The number of benzene rings is 2. The molecule has 0 aromatic heterocycles. The molecule has 0 heterocycles. The van der Waals surface area contributed by atoms with Crippen molar-refractivity contribution in [1.29, 1.82) is 0 Å². The number of rotatable bonds is 2. The third-order valence-electron chi connectivity index (χ3n) is 3.17. The van der Waals surface area contributed by atoms with Crippen molar-refractivity contribution >= 4 is 11.6 Å². The zero-order valence-electron chi connectivity index (χ0n) is 9.66. The summed E-state index contributed by atoms with van der Waals surface area (Å²) in [6.07, 6.45) is 0.908. The molecule has 0 bridgehead atoms. The van der Waals surface area contributed by atoms with Gasteiger partial charge in [-0.3, -0.25) is 0 Å². The molecule has 0 saturated carbocycles. The minimum absolute atomic E-state index is 0.677. The Morgan fingerprint density at radius 2 is 2.00 bits per heavy atom. The number of hydrogen-bond acceptors (Lipinski definition) is 1. The maximum Gasteiger partial charge on any atom is 0.127 e. The summed E-state index contributed by atoms with van der Waals surface area (Å²) >= 11 is 6.28. The molecule has 0 N–H and O–H groups in total. The normalized spacial score (nSPS) is 12.1. The van der Waals surface area contributed by atoms with Crippen molar-refractivity contribution in [3.8, 4) is 16.9 Å². The Morgan fingerprint density at radius 1 is 1.18 bits per heavy atom. The highest BCUT2D eigenvalue weighted by Crippen LogP contribution is 2.45. The molecule has 0 spiro atoms. The number of ether oxygens (including phenoxy) is 1. The molecule has 0 amide bonds. The van der Waals surface area contributed by atoms with Gasteiger partial charge in [-0.15, -0.1) is 0 Å². The molecule has 3 rings (SSSR count). The van der Waals surface area contributed by atoms with E-state index in [9.17, 15) is 0 Å². The van der Waals surface area contributed by atoms with E-state index in [1.54, 1.807) is 0 Å². The van der Waals surface area contributed by atoms with Crippen molar-refractivity contribution in [2.45, 2.75) is 13.3 Å². The Morgan fingerprint density at radius 3 is 2.82 bits per heavy atom. The van der Waals surface area contributed by atoms with Crippen LogP contribution in [0.4, 0.5) is 0 Å². The largest absolute Gasteiger partial charge is 0.493 e. The van der Waals surface area contributed by atoms with Gasteiger partial charge in [0.1, 0.15) is 5.75 Å². The van der Waals surface area contributed by atoms with Crippen molar-refractivity contribution < 1.29 is 4.74 Å². The van der Waals surface area contributed by atoms with Gasteiger partial charge in [-0.05, 0) is 35.7 Å². The van der Waals surface area contributed by atoms with E-state index in [1.165, 1.54) is 22.3 Å². The van der Waals surface area contributed by atoms with Gasteiger partial charge in [0.2, 0.25) is 0 Å². The maximum atomic E-state index is 6.28. The van der Waals surface area contributed by atoms with Crippen LogP contribution in [0.15, 0.2) is 36.4 Å². The van der Waals surface area contributed by atoms with Crippen LogP contribution in [0, 0.1) is 0 Å². The van der Waals surface area contributed by atoms with Crippen LogP contribution in [-0.4, -0.2) is 6.61 Å². The second kappa shape index (κ2) is 4.08. The van der Waals surface area contributed by atoms with Gasteiger partial charge in [0.05, 0.1) is 6.61 Å². The molecule has 2 aromatic carbocycles. The van der Waals surface area contributed by atoms with Crippen molar-refractivity contribution in [2.24, 2.45) is 0 Å². The summed E-state index contributed by atoms with van der Waals surface area (Å²) in [7, 11) is 0. The summed E-state index contributed by atoms with van der Waals surface area (Å²) in [5.74, 6) is 0.942. The second-order valence-electron chi connectivity index (χ2n) is 4.17. The average Bonchev–Trinajstić information content (AvgIpc) is 2.73. The van der Waals surface area contributed by atoms with E-state index in [-0.39, 0.29) is 0 Å². The van der Waals surface area contributed by atoms with Gasteiger partial charge >= 0.3 is 0 Å². The second-order valence-corrected chi connectivity index (χ2v) is 4.57. The average molecular weight is 245 g/mol. The fourth-order valence-electron chi connectivity index (χ4n) is 2.45. The van der Waals surface area contributed by atoms with Crippen LogP contribution in [0.2, 0.25) is 5.02 Å². The molecule has 0 saturated heterocycles. The van der Waals surface area contributed by atoms with Crippen molar-refractivity contribution in [2.75, 3.05) is 6.61 Å². The molecule has 0 radical (unpaired) electrons. The van der Waals surface area contributed by atoms with E-state index in [0.717, 1.165) is 17.2 Å². The third-order valence-corrected chi connectivity index (χ3v) is 3.53. The molecule has 2 heteroatoms. The standard InChI is InChI=1S/C15H13ClO/c1-2-17-14-8-7-13(16)12-9-10-5-3-4-6-11(10)15(12)14/h3-8H,2,9H2,1H3. The van der Waals surface area contributed by atoms with E-state index in [1.807, 2.05) is 19.1 Å². The van der Waals surface area contributed by atoms with E-state index in [0.29, 0.717) is 6.61 Å². The van der Waals surface area contributed by atoms with Crippen LogP contribution in [0.5, 0.6) is 5.75 Å². The number of fused-ring (bicyclic) bond motifs is 3. The molecule has 17 heavy (non-hydrogen) atoms. The zero-order chi connectivity index (χ0) is 11.8. The van der Waals surface area contributed by atoms with Crippen LogP contribution in [0.1, 0.15) is 18.1 Å². The molecule has 86 valence electrons. The van der Waals surface area contributed by atoms with Crippen molar-refractivity contribution in [1.82, 2.24) is 0 Å². The molecular weight excluding hydrogens is 232 g/mol. The first kappa shape index (κ1) is 10.7. The van der Waals surface area contributed by atoms with E-state index in [2.05, 4.69) is 24.3 Å². The van der Waals surface area contributed by atoms with E-state index < -0.39 is 0 Å². The van der Waals surface area contributed by atoms with Crippen LogP contribution < -0.4 is 4.74 Å². The Hall–Kier alpha value is -1.47. The molecule has 0 aliphatic heterocycles. The number of halogens is 1. The molecule has 1 aliphatic rings. The molecule has 0 atom stereocenters. The van der Waals surface area contributed by atoms with Crippen molar-refractivity contribution in [3.05, 3.63) is 52.5 Å². The number of hydrogen-bond donors (Lipinski definition) is 0. The Kier molecular flexibility index (Phi) is 2.56. The van der Waals surface area contributed by atoms with Gasteiger partial charge in [0.25, 0.3) is 0 Å². The SMILES string of the molecule is CCOc1ccc(Cl)c2c1-c1ccccc1C2. The summed E-state index contributed by atoms with van der Waals surface area (Å²) in [4.78, 5) is 0. The quantitative estimate of drug-likeness (QED) is 0.653. The maximum absolute atomic E-state index is 6.28. The topological polar surface area (TPSA) is 9.23 Å². The lowest BCUT2D eigenvalue weighted by molar-refractivity contribution is 0.341. The predicted molar refractivity (Wildman–Crippen MR) is 70.9 cm³/mol. The fourth-order valence-corrected chi connectivity index (χ4v) is 2.68. The van der Waals surface area contributed by atoms with Crippen LogP contribution in [0.25, 0.3) is 11.1 Å². The Balaban J connectivity index is 2.25. The van der Waals surface area contributed by atoms with Crippen LogP contribution in [-0.2, 0) is 6.42 Å². The van der Waals surface area contributed by atoms with Crippen molar-refractivity contribution in [3.63, 3.8) is 0 Å². The fraction of sp³-hybridized carbons (Fsp3) is 0.200. The lowest BCUT2D eigenvalue weighted by Crippen LogP contribution is -1.94. The van der Waals surface area contributed by atoms with Gasteiger partial charge in [-0.2, -0.15) is 0 Å². The third kappa shape index (κ3) is 1.62. The molecule has 1 aliphatic carbocycles. The highest BCUT2D eigenvalue weighted by Gasteiger charge is 2.23. The van der Waals surface area contributed by atoms with Gasteiger partial charge in [-0.1, -0.05) is 35.9 Å². The van der Waals surface area contributed by atoms with E-state index >= 15 is 0 Å². The molecule has 1 nitrogen and oxygen atoms in total. The minimum atomic E-state index is 0.677. The first-order valence-electron chi connectivity index (χ1n) is 5.83. The smallest absolute Gasteiger partial charge is 0.127 e. The van der Waals surface area contributed by atoms with Crippen LogP contribution >= 0.6 is 11.6 Å². The highest BCUT2D eigenvalue weighted by atomic mass is 35.5. The van der Waals surface area contributed by atoms with E-state index in [4.69, 9.17) is 16.3 Å². The summed E-state index contributed by atoms with van der Waals surface area (Å²) in [5, 5.41) is 0.833.